The Bertz CT molecular complexity index is 283. The van der Waals surface area contributed by atoms with Gasteiger partial charge in [-0.25, -0.2) is 0 Å². The van der Waals surface area contributed by atoms with Gasteiger partial charge < -0.3 is 5.32 Å². The summed E-state index contributed by atoms with van der Waals surface area (Å²) in [6, 6.07) is 2.95. The molecule has 16 heavy (non-hydrogen) atoms. The lowest BCUT2D eigenvalue weighted by atomic mass is 9.95. The molecule has 3 heteroatoms. The fourth-order valence-corrected chi connectivity index (χ4v) is 3.56. The van der Waals surface area contributed by atoms with Crippen molar-refractivity contribution >= 4 is 11.3 Å². The smallest absolute Gasteiger partial charge is 0.0397 e. The van der Waals surface area contributed by atoms with Gasteiger partial charge in [-0.15, -0.1) is 0 Å². The molecule has 2 nitrogen and oxygen atoms in total. The molecular weight excluding hydrogens is 216 g/mol. The van der Waals surface area contributed by atoms with Crippen molar-refractivity contribution in [2.24, 2.45) is 5.92 Å². The van der Waals surface area contributed by atoms with Crippen LogP contribution in [0.5, 0.6) is 0 Å². The average Bonchev–Trinajstić information content (AvgIpc) is 2.88. The first-order chi connectivity index (χ1) is 7.86. The van der Waals surface area contributed by atoms with Crippen molar-refractivity contribution < 1.29 is 0 Å². The highest BCUT2D eigenvalue weighted by molar-refractivity contribution is 7.07. The van der Waals surface area contributed by atoms with Crippen molar-refractivity contribution in [1.82, 2.24) is 10.2 Å². The Morgan fingerprint density at radius 2 is 2.44 bits per heavy atom. The SMILES string of the molecule is CCCN1CCC(CNC)C1c1ccsc1. The maximum atomic E-state index is 3.34. The van der Waals surface area contributed by atoms with Gasteiger partial charge in [0.2, 0.25) is 0 Å². The van der Waals surface area contributed by atoms with Gasteiger partial charge in [-0.05, 0) is 67.8 Å². The lowest BCUT2D eigenvalue weighted by molar-refractivity contribution is 0.228. The molecule has 2 rings (SSSR count). The van der Waals surface area contributed by atoms with E-state index < -0.39 is 0 Å². The third kappa shape index (κ3) is 2.47. The minimum atomic E-state index is 0.652. The van der Waals surface area contributed by atoms with Crippen LogP contribution in [-0.2, 0) is 0 Å². The Morgan fingerprint density at radius 3 is 3.06 bits per heavy atom. The van der Waals surface area contributed by atoms with Crippen LogP contribution in [0.15, 0.2) is 16.8 Å². The second-order valence-electron chi connectivity index (χ2n) is 4.64. The van der Waals surface area contributed by atoms with E-state index in [-0.39, 0.29) is 0 Å². The van der Waals surface area contributed by atoms with Crippen LogP contribution in [0.25, 0.3) is 0 Å². The number of nitrogens with one attached hydrogen (secondary N) is 1. The Kier molecular flexibility index (Phi) is 4.38. The molecule has 1 aliphatic rings. The summed E-state index contributed by atoms with van der Waals surface area (Å²) in [5.41, 5.74) is 1.52. The van der Waals surface area contributed by atoms with E-state index in [2.05, 4.69) is 41.0 Å². The standard InChI is InChI=1S/C13H22N2S/c1-3-6-15-7-4-11(9-14-2)13(15)12-5-8-16-10-12/h5,8,10-11,13-14H,3-4,6-7,9H2,1-2H3. The maximum absolute atomic E-state index is 3.34. The summed E-state index contributed by atoms with van der Waals surface area (Å²) >= 11 is 1.82. The van der Waals surface area contributed by atoms with Crippen molar-refractivity contribution in [3.8, 4) is 0 Å². The highest BCUT2D eigenvalue weighted by Gasteiger charge is 2.34. The number of hydrogen-bond donors (Lipinski definition) is 1. The normalized spacial score (nSPS) is 26.4. The summed E-state index contributed by atoms with van der Waals surface area (Å²) in [6.45, 7) is 5.91. The summed E-state index contributed by atoms with van der Waals surface area (Å²) in [4.78, 5) is 2.66. The average molecular weight is 238 g/mol. The number of hydrogen-bond acceptors (Lipinski definition) is 3. The molecule has 0 radical (unpaired) electrons. The monoisotopic (exact) mass is 238 g/mol. The molecule has 0 amide bonds. The molecule has 0 saturated carbocycles. The highest BCUT2D eigenvalue weighted by Crippen LogP contribution is 2.37. The van der Waals surface area contributed by atoms with E-state index in [0.29, 0.717) is 6.04 Å². The zero-order valence-corrected chi connectivity index (χ0v) is 11.1. The molecule has 1 aromatic rings. The molecule has 1 aromatic heterocycles. The Morgan fingerprint density at radius 1 is 1.56 bits per heavy atom. The number of rotatable bonds is 5. The number of nitrogens with zero attached hydrogens (tertiary/aromatic N) is 1. The third-order valence-corrected chi connectivity index (χ3v) is 4.19. The second-order valence-corrected chi connectivity index (χ2v) is 5.42. The fraction of sp³-hybridized carbons (Fsp3) is 0.692. The molecule has 0 aromatic carbocycles. The third-order valence-electron chi connectivity index (χ3n) is 3.49. The summed E-state index contributed by atoms with van der Waals surface area (Å²) in [5, 5.41) is 7.86. The highest BCUT2D eigenvalue weighted by atomic mass is 32.1. The Balaban J connectivity index is 2.12. The van der Waals surface area contributed by atoms with E-state index in [1.165, 1.54) is 31.5 Å². The number of thiophene rings is 1. The van der Waals surface area contributed by atoms with Gasteiger partial charge in [0.25, 0.3) is 0 Å². The van der Waals surface area contributed by atoms with Gasteiger partial charge in [-0.3, -0.25) is 4.90 Å². The van der Waals surface area contributed by atoms with Crippen molar-refractivity contribution in [1.29, 1.82) is 0 Å². The predicted molar refractivity (Wildman–Crippen MR) is 71.0 cm³/mol. The first kappa shape index (κ1) is 12.1. The molecular formula is C13H22N2S. The van der Waals surface area contributed by atoms with Crippen molar-refractivity contribution in [2.45, 2.75) is 25.8 Å². The summed E-state index contributed by atoms with van der Waals surface area (Å²) < 4.78 is 0. The van der Waals surface area contributed by atoms with Crippen LogP contribution >= 0.6 is 11.3 Å². The van der Waals surface area contributed by atoms with Crippen molar-refractivity contribution in [2.75, 3.05) is 26.7 Å². The number of likely N-dealkylation sites (tertiary alicyclic amines) is 1. The Hall–Kier alpha value is -0.380. The summed E-state index contributed by atoms with van der Waals surface area (Å²) in [7, 11) is 2.06. The van der Waals surface area contributed by atoms with E-state index in [0.717, 1.165) is 12.5 Å². The minimum Gasteiger partial charge on any atom is -0.319 e. The van der Waals surface area contributed by atoms with Crippen LogP contribution in [0.4, 0.5) is 0 Å². The lowest BCUT2D eigenvalue weighted by Crippen LogP contribution is -2.29. The van der Waals surface area contributed by atoms with Crippen LogP contribution in [0, 0.1) is 5.92 Å². The second kappa shape index (κ2) is 5.80. The van der Waals surface area contributed by atoms with Crippen LogP contribution in [0.2, 0.25) is 0 Å². The molecule has 0 spiro atoms. The van der Waals surface area contributed by atoms with Crippen LogP contribution < -0.4 is 5.32 Å². The molecule has 0 aliphatic carbocycles. The lowest BCUT2D eigenvalue weighted by Gasteiger charge is -2.27. The van der Waals surface area contributed by atoms with Gasteiger partial charge in [0.15, 0.2) is 0 Å². The Labute approximate surface area is 103 Å². The quantitative estimate of drug-likeness (QED) is 0.848. The first-order valence-electron chi connectivity index (χ1n) is 6.27. The van der Waals surface area contributed by atoms with E-state index in [9.17, 15) is 0 Å². The summed E-state index contributed by atoms with van der Waals surface area (Å²) in [6.07, 6.45) is 2.59. The van der Waals surface area contributed by atoms with E-state index in [1.54, 1.807) is 0 Å². The van der Waals surface area contributed by atoms with Crippen LogP contribution in [0.3, 0.4) is 0 Å². The van der Waals surface area contributed by atoms with Gasteiger partial charge >= 0.3 is 0 Å². The molecule has 2 atom stereocenters. The van der Waals surface area contributed by atoms with Gasteiger partial charge in [0.05, 0.1) is 0 Å². The van der Waals surface area contributed by atoms with Gasteiger partial charge in [0, 0.05) is 6.04 Å². The molecule has 1 fully saturated rings. The topological polar surface area (TPSA) is 15.3 Å². The van der Waals surface area contributed by atoms with Crippen LogP contribution in [0.1, 0.15) is 31.4 Å². The molecule has 1 aliphatic heterocycles. The summed E-state index contributed by atoms with van der Waals surface area (Å²) in [5.74, 6) is 0.783. The maximum Gasteiger partial charge on any atom is 0.0397 e. The molecule has 2 heterocycles. The zero-order chi connectivity index (χ0) is 11.4. The first-order valence-corrected chi connectivity index (χ1v) is 7.21. The van der Waals surface area contributed by atoms with Gasteiger partial charge in [0.1, 0.15) is 0 Å². The molecule has 0 bridgehead atoms. The van der Waals surface area contributed by atoms with E-state index in [1.807, 2.05) is 11.3 Å². The largest absolute Gasteiger partial charge is 0.319 e. The van der Waals surface area contributed by atoms with Crippen LogP contribution in [-0.4, -0.2) is 31.6 Å². The predicted octanol–water partition coefficient (Wildman–Crippen LogP) is 2.74. The van der Waals surface area contributed by atoms with E-state index >= 15 is 0 Å². The molecule has 2 unspecified atom stereocenters. The van der Waals surface area contributed by atoms with Crippen molar-refractivity contribution in [3.63, 3.8) is 0 Å². The van der Waals surface area contributed by atoms with Crippen molar-refractivity contribution in [3.05, 3.63) is 22.4 Å². The minimum absolute atomic E-state index is 0.652. The fourth-order valence-electron chi connectivity index (χ4n) is 2.87. The molecule has 90 valence electrons. The van der Waals surface area contributed by atoms with Gasteiger partial charge in [-0.1, -0.05) is 6.92 Å². The molecule has 1 N–H and O–H groups in total. The van der Waals surface area contributed by atoms with E-state index in [4.69, 9.17) is 0 Å². The zero-order valence-electron chi connectivity index (χ0n) is 10.3. The molecule has 1 saturated heterocycles. The van der Waals surface area contributed by atoms with Gasteiger partial charge in [-0.2, -0.15) is 11.3 Å².